The van der Waals surface area contributed by atoms with Crippen molar-refractivity contribution in [2.75, 3.05) is 7.11 Å². The van der Waals surface area contributed by atoms with Gasteiger partial charge in [-0.2, -0.15) is 0 Å². The van der Waals surface area contributed by atoms with Crippen molar-refractivity contribution in [3.63, 3.8) is 0 Å². The molecule has 0 aliphatic heterocycles. The van der Waals surface area contributed by atoms with E-state index in [4.69, 9.17) is 11.6 Å². The molecule has 70 valence electrons. The Hall–Kier alpha value is -0.610. The molecule has 0 atom stereocenters. The number of esters is 1. The van der Waals surface area contributed by atoms with Crippen LogP contribution in [0.1, 0.15) is 10.4 Å². The highest BCUT2D eigenvalue weighted by atomic mass is 79.9. The van der Waals surface area contributed by atoms with Crippen LogP contribution in [0, 0.1) is 5.82 Å². The molecule has 0 bridgehead atoms. The first-order chi connectivity index (χ1) is 6.06. The lowest BCUT2D eigenvalue weighted by atomic mass is 10.2. The number of ether oxygens (including phenoxy) is 1. The molecule has 0 amide bonds. The smallest absolute Gasteiger partial charge is 0.339 e. The van der Waals surface area contributed by atoms with Crippen LogP contribution in [0.25, 0.3) is 0 Å². The van der Waals surface area contributed by atoms with Crippen LogP contribution in [0.5, 0.6) is 0 Å². The van der Waals surface area contributed by atoms with Crippen LogP contribution in [0.15, 0.2) is 16.6 Å². The maximum Gasteiger partial charge on any atom is 0.339 e. The summed E-state index contributed by atoms with van der Waals surface area (Å²) in [6.07, 6.45) is 0. The normalized spacial score (nSPS) is 9.85. The molecular formula is C8H5BrClFO2. The molecule has 0 unspecified atom stereocenters. The average molecular weight is 267 g/mol. The number of carbonyl (C=O) groups excluding carboxylic acids is 1. The molecule has 0 heterocycles. The van der Waals surface area contributed by atoms with Gasteiger partial charge in [-0.05, 0) is 12.1 Å². The third-order valence-electron chi connectivity index (χ3n) is 1.40. The molecule has 0 aromatic heterocycles. The van der Waals surface area contributed by atoms with E-state index in [9.17, 15) is 9.18 Å². The first kappa shape index (κ1) is 10.5. The number of benzene rings is 1. The molecular weight excluding hydrogens is 262 g/mol. The van der Waals surface area contributed by atoms with Crippen molar-refractivity contribution in [2.45, 2.75) is 0 Å². The number of hydrogen-bond donors (Lipinski definition) is 0. The number of halogens is 3. The lowest BCUT2D eigenvalue weighted by Gasteiger charge is -2.03. The highest BCUT2D eigenvalue weighted by Gasteiger charge is 2.15. The van der Waals surface area contributed by atoms with E-state index in [0.29, 0.717) is 4.47 Å². The second kappa shape index (κ2) is 4.07. The van der Waals surface area contributed by atoms with Crippen LogP contribution in [0.3, 0.4) is 0 Å². The molecule has 1 aromatic carbocycles. The summed E-state index contributed by atoms with van der Waals surface area (Å²) in [7, 11) is 1.21. The molecule has 0 radical (unpaired) electrons. The molecule has 0 saturated carbocycles. The Morgan fingerprint density at radius 3 is 2.77 bits per heavy atom. The summed E-state index contributed by atoms with van der Waals surface area (Å²) >= 11 is 8.58. The van der Waals surface area contributed by atoms with Crippen molar-refractivity contribution < 1.29 is 13.9 Å². The van der Waals surface area contributed by atoms with Crippen molar-refractivity contribution in [3.8, 4) is 0 Å². The molecule has 1 aromatic rings. The summed E-state index contributed by atoms with van der Waals surface area (Å²) in [6, 6.07) is 2.58. The Bertz CT molecular complexity index is 354. The first-order valence-corrected chi connectivity index (χ1v) is 4.46. The quantitative estimate of drug-likeness (QED) is 0.577. The lowest BCUT2D eigenvalue weighted by molar-refractivity contribution is 0.0600. The van der Waals surface area contributed by atoms with Gasteiger partial charge >= 0.3 is 5.97 Å². The second-order valence-corrected chi connectivity index (χ2v) is 3.53. The molecule has 2 nitrogen and oxygen atoms in total. The second-order valence-electron chi connectivity index (χ2n) is 2.24. The molecule has 0 spiro atoms. The van der Waals surface area contributed by atoms with Gasteiger partial charge in [0.15, 0.2) is 0 Å². The van der Waals surface area contributed by atoms with Crippen molar-refractivity contribution in [3.05, 3.63) is 33.0 Å². The Morgan fingerprint density at radius 2 is 2.23 bits per heavy atom. The van der Waals surface area contributed by atoms with Gasteiger partial charge in [-0.3, -0.25) is 0 Å². The molecule has 0 aliphatic carbocycles. The summed E-state index contributed by atoms with van der Waals surface area (Å²) < 4.78 is 17.8. The van der Waals surface area contributed by atoms with Crippen molar-refractivity contribution in [1.82, 2.24) is 0 Å². The van der Waals surface area contributed by atoms with E-state index in [2.05, 4.69) is 20.7 Å². The zero-order valence-electron chi connectivity index (χ0n) is 6.61. The van der Waals surface area contributed by atoms with Gasteiger partial charge in [-0.25, -0.2) is 9.18 Å². The Morgan fingerprint density at radius 1 is 1.62 bits per heavy atom. The third kappa shape index (κ3) is 2.19. The molecule has 5 heteroatoms. The van der Waals surface area contributed by atoms with Gasteiger partial charge < -0.3 is 4.74 Å². The fourth-order valence-corrected chi connectivity index (χ4v) is 1.43. The van der Waals surface area contributed by atoms with Crippen LogP contribution in [0.4, 0.5) is 4.39 Å². The van der Waals surface area contributed by atoms with Crippen LogP contribution in [0.2, 0.25) is 5.02 Å². The van der Waals surface area contributed by atoms with Gasteiger partial charge in [0.05, 0.1) is 17.7 Å². The minimum Gasteiger partial charge on any atom is -0.465 e. The lowest BCUT2D eigenvalue weighted by Crippen LogP contribution is -2.03. The van der Waals surface area contributed by atoms with E-state index in [1.807, 2.05) is 0 Å². The van der Waals surface area contributed by atoms with Gasteiger partial charge in [0.25, 0.3) is 0 Å². The van der Waals surface area contributed by atoms with Crippen LogP contribution >= 0.6 is 27.5 Å². The largest absolute Gasteiger partial charge is 0.465 e. The molecule has 0 saturated heterocycles. The summed E-state index contributed by atoms with van der Waals surface area (Å²) in [5.41, 5.74) is 0.0102. The Labute approximate surface area is 87.8 Å². The average Bonchev–Trinajstić information content (AvgIpc) is 2.10. The molecule has 0 fully saturated rings. The van der Waals surface area contributed by atoms with Crippen LogP contribution in [-0.4, -0.2) is 13.1 Å². The van der Waals surface area contributed by atoms with Crippen molar-refractivity contribution >= 4 is 33.5 Å². The maximum absolute atomic E-state index is 13.0. The summed E-state index contributed by atoms with van der Waals surface area (Å²) in [6.45, 7) is 0. The predicted molar refractivity (Wildman–Crippen MR) is 50.4 cm³/mol. The molecule has 0 N–H and O–H groups in total. The van der Waals surface area contributed by atoms with Crippen LogP contribution < -0.4 is 0 Å². The van der Waals surface area contributed by atoms with E-state index in [-0.39, 0.29) is 10.6 Å². The number of hydrogen-bond acceptors (Lipinski definition) is 2. The number of carbonyl (C=O) groups is 1. The first-order valence-electron chi connectivity index (χ1n) is 3.29. The number of methoxy groups -OCH3 is 1. The van der Waals surface area contributed by atoms with Crippen molar-refractivity contribution in [2.24, 2.45) is 0 Å². The minimum absolute atomic E-state index is 0.0102. The van der Waals surface area contributed by atoms with E-state index in [0.717, 1.165) is 0 Å². The van der Waals surface area contributed by atoms with Gasteiger partial charge in [0, 0.05) is 4.47 Å². The minimum atomic E-state index is -0.662. The molecule has 0 aliphatic rings. The third-order valence-corrected chi connectivity index (χ3v) is 2.24. The summed E-state index contributed by atoms with van der Waals surface area (Å²) in [5.74, 6) is -1.32. The van der Waals surface area contributed by atoms with E-state index >= 15 is 0 Å². The summed E-state index contributed by atoms with van der Waals surface area (Å²) in [4.78, 5) is 11.0. The van der Waals surface area contributed by atoms with Gasteiger partial charge in [-0.15, -0.1) is 0 Å². The van der Waals surface area contributed by atoms with E-state index in [1.165, 1.54) is 19.2 Å². The van der Waals surface area contributed by atoms with Crippen molar-refractivity contribution in [1.29, 1.82) is 0 Å². The highest BCUT2D eigenvalue weighted by molar-refractivity contribution is 9.10. The van der Waals surface area contributed by atoms with Gasteiger partial charge in [0.2, 0.25) is 0 Å². The van der Waals surface area contributed by atoms with E-state index < -0.39 is 11.8 Å². The molecule has 13 heavy (non-hydrogen) atoms. The van der Waals surface area contributed by atoms with Gasteiger partial charge in [-0.1, -0.05) is 27.5 Å². The zero-order valence-corrected chi connectivity index (χ0v) is 8.95. The monoisotopic (exact) mass is 266 g/mol. The predicted octanol–water partition coefficient (Wildman–Crippen LogP) is 3.03. The van der Waals surface area contributed by atoms with Gasteiger partial charge in [0.1, 0.15) is 5.82 Å². The standard InChI is InChI=1S/C8H5BrClFO2/c1-13-8(12)5-2-4(9)3-6(11)7(5)10/h2-3H,1H3. The fraction of sp³-hybridized carbons (Fsp3) is 0.125. The fourth-order valence-electron chi connectivity index (χ4n) is 0.814. The SMILES string of the molecule is COC(=O)c1cc(Br)cc(F)c1Cl. The maximum atomic E-state index is 13.0. The summed E-state index contributed by atoms with van der Waals surface area (Å²) in [5, 5.41) is -0.227. The van der Waals surface area contributed by atoms with E-state index in [1.54, 1.807) is 0 Å². The number of rotatable bonds is 1. The zero-order chi connectivity index (χ0) is 10.0. The van der Waals surface area contributed by atoms with Crippen LogP contribution in [-0.2, 0) is 4.74 Å². The topological polar surface area (TPSA) is 26.3 Å². The Kier molecular flexibility index (Phi) is 3.27. The Balaban J connectivity index is 3.28. The molecule has 1 rings (SSSR count). The highest BCUT2D eigenvalue weighted by Crippen LogP contribution is 2.25.